The van der Waals surface area contributed by atoms with Gasteiger partial charge in [0, 0.05) is 26.4 Å². The van der Waals surface area contributed by atoms with Crippen LogP contribution in [-0.2, 0) is 4.74 Å². The molecule has 17 heavy (non-hydrogen) atoms. The zero-order valence-electron chi connectivity index (χ0n) is 10.2. The molecule has 0 aromatic carbocycles. The Morgan fingerprint density at radius 3 is 2.59 bits per heavy atom. The molecule has 0 N–H and O–H groups in total. The molecule has 6 nitrogen and oxygen atoms in total. The Kier molecular flexibility index (Phi) is 4.03. The van der Waals surface area contributed by atoms with Crippen LogP contribution in [0.4, 0.5) is 0 Å². The molecule has 0 saturated carbocycles. The summed E-state index contributed by atoms with van der Waals surface area (Å²) in [5.41, 5.74) is 0.0355. The summed E-state index contributed by atoms with van der Waals surface area (Å²) in [5.74, 6) is -0.750. The lowest BCUT2D eigenvalue weighted by atomic mass is 10.1. The molecule has 1 rings (SSSR count). The van der Waals surface area contributed by atoms with Crippen LogP contribution >= 0.6 is 0 Å². The number of ketones is 1. The molecular weight excluding hydrogens is 224 g/mol. The van der Waals surface area contributed by atoms with Gasteiger partial charge in [-0.1, -0.05) is 5.16 Å². The van der Waals surface area contributed by atoms with Crippen LogP contribution in [0.3, 0.4) is 0 Å². The fraction of sp³-hybridized carbons (Fsp3) is 0.364. The number of allylic oxidation sites excluding steroid dienone is 1. The van der Waals surface area contributed by atoms with E-state index >= 15 is 0 Å². The van der Waals surface area contributed by atoms with Gasteiger partial charge in [0.1, 0.15) is 5.76 Å². The largest absolute Gasteiger partial charge is 0.464 e. The molecule has 0 bridgehead atoms. The molecule has 0 spiro atoms. The molecule has 0 radical (unpaired) electrons. The highest BCUT2D eigenvalue weighted by atomic mass is 16.5. The Bertz CT molecular complexity index is 460. The molecule has 0 amide bonds. The van der Waals surface area contributed by atoms with E-state index in [0.717, 1.165) is 0 Å². The van der Waals surface area contributed by atoms with Gasteiger partial charge in [-0.05, 0) is 6.92 Å². The van der Waals surface area contributed by atoms with Gasteiger partial charge in [-0.15, -0.1) is 0 Å². The van der Waals surface area contributed by atoms with E-state index in [2.05, 4.69) is 9.89 Å². The lowest BCUT2D eigenvalue weighted by molar-refractivity contribution is 0.0586. The molecule has 0 saturated heterocycles. The summed E-state index contributed by atoms with van der Waals surface area (Å²) in [6, 6.07) is 0. The van der Waals surface area contributed by atoms with Gasteiger partial charge in [-0.25, -0.2) is 4.79 Å². The minimum absolute atomic E-state index is 0.0987. The average Bonchev–Trinajstić information content (AvgIpc) is 2.67. The second kappa shape index (κ2) is 5.29. The topological polar surface area (TPSA) is 72.6 Å². The van der Waals surface area contributed by atoms with Gasteiger partial charge >= 0.3 is 5.97 Å². The number of methoxy groups -OCH3 is 1. The van der Waals surface area contributed by atoms with Crippen molar-refractivity contribution in [2.75, 3.05) is 21.2 Å². The highest BCUT2D eigenvalue weighted by Crippen LogP contribution is 2.15. The minimum atomic E-state index is -0.691. The highest BCUT2D eigenvalue weighted by Gasteiger charge is 2.24. The van der Waals surface area contributed by atoms with Crippen LogP contribution in [0.25, 0.3) is 0 Å². The lowest BCUT2D eigenvalue weighted by Crippen LogP contribution is -2.10. The molecule has 0 fully saturated rings. The standard InChI is InChI=1S/C11H14N2O4/c1-7-9(8(14)5-6-13(2)3)10(12-17-7)11(15)16-4/h5-6H,1-4H3. The monoisotopic (exact) mass is 238 g/mol. The predicted octanol–water partition coefficient (Wildman–Crippen LogP) is 1.03. The van der Waals surface area contributed by atoms with Gasteiger partial charge in [0.15, 0.2) is 5.78 Å². The first-order valence-electron chi connectivity index (χ1n) is 4.91. The van der Waals surface area contributed by atoms with Gasteiger partial charge in [-0.3, -0.25) is 4.79 Å². The predicted molar refractivity (Wildman–Crippen MR) is 59.7 cm³/mol. The van der Waals surface area contributed by atoms with Crippen LogP contribution in [0.2, 0.25) is 0 Å². The second-order valence-electron chi connectivity index (χ2n) is 3.60. The van der Waals surface area contributed by atoms with E-state index in [-0.39, 0.29) is 17.0 Å². The lowest BCUT2D eigenvalue weighted by Gasteiger charge is -2.02. The normalized spacial score (nSPS) is 10.6. The zero-order valence-corrected chi connectivity index (χ0v) is 10.2. The molecular formula is C11H14N2O4. The number of esters is 1. The van der Waals surface area contributed by atoms with Crippen LogP contribution in [0, 0.1) is 6.92 Å². The van der Waals surface area contributed by atoms with Crippen LogP contribution in [0.15, 0.2) is 16.8 Å². The molecule has 0 unspecified atom stereocenters. The first kappa shape index (κ1) is 13.0. The van der Waals surface area contributed by atoms with E-state index in [9.17, 15) is 9.59 Å². The maximum absolute atomic E-state index is 11.9. The van der Waals surface area contributed by atoms with Crippen LogP contribution in [0.5, 0.6) is 0 Å². The molecule has 0 aliphatic rings. The maximum atomic E-state index is 11.9. The van der Waals surface area contributed by atoms with Crippen LogP contribution < -0.4 is 0 Å². The van der Waals surface area contributed by atoms with E-state index in [1.165, 1.54) is 13.2 Å². The van der Waals surface area contributed by atoms with Crippen molar-refractivity contribution in [1.29, 1.82) is 0 Å². The van der Waals surface area contributed by atoms with Gasteiger partial charge in [0.2, 0.25) is 5.69 Å². The fourth-order valence-corrected chi connectivity index (χ4v) is 1.20. The molecule has 1 heterocycles. The third-order valence-corrected chi connectivity index (χ3v) is 2.01. The SMILES string of the molecule is COC(=O)c1noc(C)c1C(=O)C=CN(C)C. The number of carbonyl (C=O) groups is 2. The number of nitrogens with zero attached hydrogens (tertiary/aromatic N) is 2. The number of hydrogen-bond acceptors (Lipinski definition) is 6. The van der Waals surface area contributed by atoms with Crippen molar-refractivity contribution in [3.63, 3.8) is 0 Å². The number of aryl methyl sites for hydroxylation is 1. The Hall–Kier alpha value is -2.11. The van der Waals surface area contributed by atoms with E-state index in [1.54, 1.807) is 32.1 Å². The third kappa shape index (κ3) is 2.93. The molecule has 0 atom stereocenters. The van der Waals surface area contributed by atoms with Crippen molar-refractivity contribution in [3.05, 3.63) is 29.3 Å². The Balaban J connectivity index is 3.08. The Morgan fingerprint density at radius 1 is 1.41 bits per heavy atom. The summed E-state index contributed by atoms with van der Waals surface area (Å²) in [4.78, 5) is 24.9. The number of aromatic nitrogens is 1. The van der Waals surface area contributed by atoms with Crippen molar-refractivity contribution in [3.8, 4) is 0 Å². The van der Waals surface area contributed by atoms with E-state index in [4.69, 9.17) is 4.52 Å². The maximum Gasteiger partial charge on any atom is 0.361 e. The molecule has 0 aliphatic carbocycles. The summed E-state index contributed by atoms with van der Waals surface area (Å²) in [6.45, 7) is 1.57. The number of hydrogen-bond donors (Lipinski definition) is 0. The summed E-state index contributed by atoms with van der Waals surface area (Å²) in [6.07, 6.45) is 2.92. The molecule has 1 aromatic rings. The quantitative estimate of drug-likeness (QED) is 0.443. The van der Waals surface area contributed by atoms with E-state index < -0.39 is 5.97 Å². The number of rotatable bonds is 4. The summed E-state index contributed by atoms with van der Waals surface area (Å²) in [5, 5.41) is 3.52. The summed E-state index contributed by atoms with van der Waals surface area (Å²) >= 11 is 0. The van der Waals surface area contributed by atoms with Gasteiger partial charge < -0.3 is 14.2 Å². The first-order chi connectivity index (χ1) is 7.97. The smallest absolute Gasteiger partial charge is 0.361 e. The number of carbonyl (C=O) groups excluding carboxylic acids is 2. The molecule has 6 heteroatoms. The van der Waals surface area contributed by atoms with Crippen molar-refractivity contribution in [2.24, 2.45) is 0 Å². The van der Waals surface area contributed by atoms with E-state index in [0.29, 0.717) is 5.76 Å². The van der Waals surface area contributed by atoms with Gasteiger partial charge in [0.05, 0.1) is 12.7 Å². The fourth-order valence-electron chi connectivity index (χ4n) is 1.20. The Labute approximate surface area is 98.8 Å². The molecule has 1 aromatic heterocycles. The van der Waals surface area contributed by atoms with Crippen molar-refractivity contribution < 1.29 is 18.8 Å². The Morgan fingerprint density at radius 2 is 2.06 bits per heavy atom. The van der Waals surface area contributed by atoms with Gasteiger partial charge in [-0.2, -0.15) is 0 Å². The third-order valence-electron chi connectivity index (χ3n) is 2.01. The highest BCUT2D eigenvalue weighted by molar-refractivity contribution is 6.11. The van der Waals surface area contributed by atoms with Crippen molar-refractivity contribution in [1.82, 2.24) is 10.1 Å². The zero-order chi connectivity index (χ0) is 13.0. The van der Waals surface area contributed by atoms with E-state index in [1.807, 2.05) is 0 Å². The van der Waals surface area contributed by atoms with Crippen molar-refractivity contribution >= 4 is 11.8 Å². The van der Waals surface area contributed by atoms with Crippen LogP contribution in [0.1, 0.15) is 26.6 Å². The average molecular weight is 238 g/mol. The molecule has 0 aliphatic heterocycles. The minimum Gasteiger partial charge on any atom is -0.464 e. The second-order valence-corrected chi connectivity index (χ2v) is 3.60. The first-order valence-corrected chi connectivity index (χ1v) is 4.91. The van der Waals surface area contributed by atoms with Gasteiger partial charge in [0.25, 0.3) is 0 Å². The summed E-state index contributed by atoms with van der Waals surface area (Å²) < 4.78 is 9.35. The van der Waals surface area contributed by atoms with Crippen molar-refractivity contribution in [2.45, 2.75) is 6.92 Å². The molecule has 92 valence electrons. The van der Waals surface area contributed by atoms with Crippen LogP contribution in [-0.4, -0.2) is 43.0 Å². The number of ether oxygens (including phenoxy) is 1. The summed E-state index contributed by atoms with van der Waals surface area (Å²) in [7, 11) is 4.78.